The van der Waals surface area contributed by atoms with E-state index in [-0.39, 0.29) is 0 Å². The molecule has 74 valence electrons. The summed E-state index contributed by atoms with van der Waals surface area (Å²) in [5.41, 5.74) is 1.21. The molecular formula is C12H11N3. The zero-order valence-corrected chi connectivity index (χ0v) is 8.17. The van der Waals surface area contributed by atoms with Crippen molar-refractivity contribution >= 4 is 10.9 Å². The molecule has 0 bridgehead atoms. The molecule has 0 radical (unpaired) electrons. The van der Waals surface area contributed by atoms with E-state index in [1.165, 1.54) is 17.2 Å². The Hall–Kier alpha value is -2.16. The van der Waals surface area contributed by atoms with Crippen molar-refractivity contribution in [2.75, 3.05) is 0 Å². The molecule has 3 heteroatoms. The number of H-pyrrole nitrogens is 1. The second-order valence-corrected chi connectivity index (χ2v) is 2.97. The minimum Gasteiger partial charge on any atom is -0.361 e. The average molecular weight is 197 g/mol. The Morgan fingerprint density at radius 1 is 0.867 bits per heavy atom. The number of rotatable bonds is 0. The van der Waals surface area contributed by atoms with E-state index in [0.29, 0.717) is 0 Å². The van der Waals surface area contributed by atoms with Gasteiger partial charge >= 0.3 is 0 Å². The van der Waals surface area contributed by atoms with E-state index in [1.54, 1.807) is 18.5 Å². The van der Waals surface area contributed by atoms with Crippen molar-refractivity contribution in [1.29, 1.82) is 0 Å². The maximum Gasteiger partial charge on any atom is 0.115 e. The van der Waals surface area contributed by atoms with Gasteiger partial charge in [0.2, 0.25) is 0 Å². The van der Waals surface area contributed by atoms with Gasteiger partial charge in [0.1, 0.15) is 6.33 Å². The van der Waals surface area contributed by atoms with Crippen molar-refractivity contribution < 1.29 is 0 Å². The fraction of sp³-hybridized carbons (Fsp3) is 0. The molecule has 0 aliphatic heterocycles. The molecule has 1 aromatic carbocycles. The van der Waals surface area contributed by atoms with Gasteiger partial charge in [-0.15, -0.1) is 0 Å². The monoisotopic (exact) mass is 197 g/mol. The highest BCUT2D eigenvalue weighted by molar-refractivity contribution is 5.78. The Morgan fingerprint density at radius 2 is 1.67 bits per heavy atom. The molecule has 3 nitrogen and oxygen atoms in total. The lowest BCUT2D eigenvalue weighted by Crippen LogP contribution is -1.66. The molecule has 0 amide bonds. The number of benzene rings is 1. The number of aromatic nitrogens is 3. The minimum absolute atomic E-state index is 1.21. The quantitative estimate of drug-likeness (QED) is 0.602. The molecule has 0 fully saturated rings. The standard InChI is InChI=1S/C8H7N.C4H4N2/c1-2-4-8-7(3-1)5-6-9-8;1-2-5-4-6-3-1/h1-6,9H;1-4H. The Balaban J connectivity index is 0.000000124. The molecule has 3 rings (SSSR count). The molecule has 15 heavy (non-hydrogen) atoms. The summed E-state index contributed by atoms with van der Waals surface area (Å²) in [6.07, 6.45) is 6.82. The molecule has 2 aromatic heterocycles. The van der Waals surface area contributed by atoms with E-state index < -0.39 is 0 Å². The number of hydrogen-bond donors (Lipinski definition) is 1. The van der Waals surface area contributed by atoms with Gasteiger partial charge in [-0.2, -0.15) is 0 Å². The van der Waals surface area contributed by atoms with Gasteiger partial charge in [0.05, 0.1) is 0 Å². The van der Waals surface area contributed by atoms with Crippen LogP contribution in [-0.2, 0) is 0 Å². The summed E-state index contributed by atoms with van der Waals surface area (Å²) in [6, 6.07) is 12.1. The first-order chi connectivity index (χ1) is 7.47. The Morgan fingerprint density at radius 3 is 2.27 bits per heavy atom. The Kier molecular flexibility index (Phi) is 3.07. The van der Waals surface area contributed by atoms with E-state index >= 15 is 0 Å². The van der Waals surface area contributed by atoms with Crippen molar-refractivity contribution in [3.8, 4) is 0 Å². The molecule has 3 aromatic rings. The SMILES string of the molecule is c1ccc2[nH]ccc2c1.c1cncnc1. The van der Waals surface area contributed by atoms with Gasteiger partial charge in [-0.25, -0.2) is 9.97 Å². The topological polar surface area (TPSA) is 41.6 Å². The normalized spacial score (nSPS) is 9.33. The van der Waals surface area contributed by atoms with Gasteiger partial charge in [-0.1, -0.05) is 18.2 Å². The third-order valence-corrected chi connectivity index (χ3v) is 1.94. The summed E-state index contributed by atoms with van der Waals surface area (Å²) >= 11 is 0. The van der Waals surface area contributed by atoms with Gasteiger partial charge in [0.25, 0.3) is 0 Å². The number of nitrogens with zero attached hydrogens (tertiary/aromatic N) is 2. The lowest BCUT2D eigenvalue weighted by molar-refractivity contribution is 1.17. The molecule has 0 unspecified atom stereocenters. The molecule has 0 aliphatic carbocycles. The minimum atomic E-state index is 1.21. The van der Waals surface area contributed by atoms with Gasteiger partial charge in [-0.05, 0) is 23.6 Å². The fourth-order valence-electron chi connectivity index (χ4n) is 1.25. The van der Waals surface area contributed by atoms with Crippen LogP contribution in [0.25, 0.3) is 10.9 Å². The summed E-state index contributed by atoms with van der Waals surface area (Å²) in [5, 5.41) is 1.28. The number of para-hydroxylation sites is 1. The maximum absolute atomic E-state index is 3.67. The Labute approximate surface area is 87.8 Å². The molecule has 2 heterocycles. The largest absolute Gasteiger partial charge is 0.361 e. The first-order valence-corrected chi connectivity index (χ1v) is 4.69. The van der Waals surface area contributed by atoms with Crippen LogP contribution < -0.4 is 0 Å². The lowest BCUT2D eigenvalue weighted by Gasteiger charge is -1.83. The molecule has 0 aliphatic rings. The van der Waals surface area contributed by atoms with Gasteiger partial charge in [0, 0.05) is 24.1 Å². The number of nitrogens with one attached hydrogen (secondary N) is 1. The van der Waals surface area contributed by atoms with Gasteiger partial charge < -0.3 is 4.98 Å². The van der Waals surface area contributed by atoms with Crippen molar-refractivity contribution in [3.05, 3.63) is 61.3 Å². The van der Waals surface area contributed by atoms with E-state index in [9.17, 15) is 0 Å². The fourth-order valence-corrected chi connectivity index (χ4v) is 1.25. The van der Waals surface area contributed by atoms with Crippen LogP contribution in [0.5, 0.6) is 0 Å². The molecule has 0 atom stereocenters. The zero-order chi connectivity index (χ0) is 10.3. The summed E-state index contributed by atoms with van der Waals surface area (Å²) in [7, 11) is 0. The molecular weight excluding hydrogens is 186 g/mol. The third-order valence-electron chi connectivity index (χ3n) is 1.94. The average Bonchev–Trinajstić information content (AvgIpc) is 2.80. The van der Waals surface area contributed by atoms with Crippen LogP contribution in [0, 0.1) is 0 Å². The highest BCUT2D eigenvalue weighted by Crippen LogP contribution is 2.09. The van der Waals surface area contributed by atoms with Crippen molar-refractivity contribution in [2.24, 2.45) is 0 Å². The van der Waals surface area contributed by atoms with Crippen LogP contribution in [0.2, 0.25) is 0 Å². The maximum atomic E-state index is 3.67. The van der Waals surface area contributed by atoms with E-state index in [2.05, 4.69) is 33.2 Å². The molecule has 0 spiro atoms. The molecule has 1 N–H and O–H groups in total. The second-order valence-electron chi connectivity index (χ2n) is 2.97. The van der Waals surface area contributed by atoms with Crippen molar-refractivity contribution in [1.82, 2.24) is 15.0 Å². The lowest BCUT2D eigenvalue weighted by atomic mass is 10.3. The van der Waals surface area contributed by atoms with Crippen LogP contribution in [0.3, 0.4) is 0 Å². The van der Waals surface area contributed by atoms with Crippen LogP contribution in [0.15, 0.2) is 61.3 Å². The number of aromatic amines is 1. The van der Waals surface area contributed by atoms with Crippen LogP contribution in [0.1, 0.15) is 0 Å². The number of hydrogen-bond acceptors (Lipinski definition) is 2. The van der Waals surface area contributed by atoms with E-state index in [0.717, 1.165) is 0 Å². The van der Waals surface area contributed by atoms with Gasteiger partial charge in [-0.3, -0.25) is 0 Å². The summed E-state index contributed by atoms with van der Waals surface area (Å²) in [5.74, 6) is 0. The van der Waals surface area contributed by atoms with Crippen LogP contribution in [0.4, 0.5) is 0 Å². The predicted molar refractivity (Wildman–Crippen MR) is 60.3 cm³/mol. The van der Waals surface area contributed by atoms with E-state index in [1.807, 2.05) is 18.3 Å². The number of fused-ring (bicyclic) bond motifs is 1. The Bertz CT molecular complexity index is 445. The molecule has 0 saturated carbocycles. The van der Waals surface area contributed by atoms with Crippen molar-refractivity contribution in [2.45, 2.75) is 0 Å². The molecule has 0 saturated heterocycles. The zero-order valence-electron chi connectivity index (χ0n) is 8.17. The smallest absolute Gasteiger partial charge is 0.115 e. The van der Waals surface area contributed by atoms with Gasteiger partial charge in [0.15, 0.2) is 0 Å². The summed E-state index contributed by atoms with van der Waals surface area (Å²) in [4.78, 5) is 10.5. The predicted octanol–water partition coefficient (Wildman–Crippen LogP) is 2.64. The van der Waals surface area contributed by atoms with Crippen LogP contribution >= 0.6 is 0 Å². The highest BCUT2D eigenvalue weighted by Gasteiger charge is 1.86. The second kappa shape index (κ2) is 4.91. The van der Waals surface area contributed by atoms with E-state index in [4.69, 9.17) is 0 Å². The third kappa shape index (κ3) is 2.64. The first-order valence-electron chi connectivity index (χ1n) is 4.69. The van der Waals surface area contributed by atoms with Crippen molar-refractivity contribution in [3.63, 3.8) is 0 Å². The first kappa shape index (κ1) is 9.40. The van der Waals surface area contributed by atoms with Crippen LogP contribution in [-0.4, -0.2) is 15.0 Å². The highest BCUT2D eigenvalue weighted by atomic mass is 14.8. The summed E-state index contributed by atoms with van der Waals surface area (Å²) < 4.78 is 0. The summed E-state index contributed by atoms with van der Waals surface area (Å²) in [6.45, 7) is 0.